The van der Waals surface area contributed by atoms with Crippen molar-refractivity contribution in [2.75, 3.05) is 0 Å². The lowest BCUT2D eigenvalue weighted by Gasteiger charge is -2.06. The average molecular weight is 431 g/mol. The van der Waals surface area contributed by atoms with E-state index in [-0.39, 0.29) is 5.75 Å². The number of hydrogen-bond acceptors (Lipinski definition) is 6. The molecular weight excluding hydrogens is 414 g/mol. The quantitative estimate of drug-likeness (QED) is 0.363. The molecule has 2 heterocycles. The van der Waals surface area contributed by atoms with Crippen molar-refractivity contribution in [2.45, 2.75) is 17.5 Å². The van der Waals surface area contributed by atoms with Crippen LogP contribution in [-0.4, -0.2) is 26.4 Å². The van der Waals surface area contributed by atoms with Crippen LogP contribution in [0.25, 0.3) is 22.0 Å². The van der Waals surface area contributed by atoms with Crippen LogP contribution in [0.1, 0.15) is 5.69 Å². The average Bonchev–Trinajstić information content (AvgIpc) is 3.34. The van der Waals surface area contributed by atoms with E-state index in [2.05, 4.69) is 19.9 Å². The molecule has 0 amide bonds. The van der Waals surface area contributed by atoms with Crippen molar-refractivity contribution in [1.82, 2.24) is 19.7 Å². The molecule has 4 aromatic rings. The zero-order chi connectivity index (χ0) is 20.2. The number of aromatic nitrogens is 4. The van der Waals surface area contributed by atoms with Crippen LogP contribution in [0.3, 0.4) is 0 Å². The third-order valence-corrected chi connectivity index (χ3v) is 6.09. The summed E-state index contributed by atoms with van der Waals surface area (Å²) in [4.78, 5) is 4.69. The summed E-state index contributed by atoms with van der Waals surface area (Å²) >= 11 is 3.16. The van der Waals surface area contributed by atoms with Gasteiger partial charge in [0.05, 0.1) is 5.69 Å². The number of rotatable bonds is 7. The van der Waals surface area contributed by atoms with Crippen LogP contribution in [-0.2, 0) is 12.8 Å². The zero-order valence-electron chi connectivity index (χ0n) is 15.3. The van der Waals surface area contributed by atoms with Gasteiger partial charge in [0.1, 0.15) is 10.8 Å². The van der Waals surface area contributed by atoms with Gasteiger partial charge in [-0.3, -0.25) is 0 Å². The fourth-order valence-electron chi connectivity index (χ4n) is 2.70. The Morgan fingerprint density at radius 3 is 2.52 bits per heavy atom. The molecule has 0 atom stereocenters. The Morgan fingerprint density at radius 2 is 1.79 bits per heavy atom. The largest absolute Gasteiger partial charge is 0.435 e. The Labute approximate surface area is 174 Å². The van der Waals surface area contributed by atoms with Crippen molar-refractivity contribution < 1.29 is 13.5 Å². The summed E-state index contributed by atoms with van der Waals surface area (Å²) in [6.45, 7) is -2.84. The van der Waals surface area contributed by atoms with Crippen molar-refractivity contribution in [1.29, 1.82) is 0 Å². The molecule has 0 unspecified atom stereocenters. The van der Waals surface area contributed by atoms with Gasteiger partial charge in [-0.2, -0.15) is 8.78 Å². The Hall–Kier alpha value is -2.78. The number of thiazole rings is 1. The highest BCUT2D eigenvalue weighted by Crippen LogP contribution is 2.29. The van der Waals surface area contributed by atoms with Gasteiger partial charge in [0.25, 0.3) is 0 Å². The predicted molar refractivity (Wildman–Crippen MR) is 110 cm³/mol. The Balaban J connectivity index is 1.43. The van der Waals surface area contributed by atoms with Gasteiger partial charge in [-0.25, -0.2) is 4.98 Å². The van der Waals surface area contributed by atoms with Gasteiger partial charge in [0.15, 0.2) is 11.0 Å². The lowest BCUT2D eigenvalue weighted by Crippen LogP contribution is -2.01. The van der Waals surface area contributed by atoms with E-state index >= 15 is 0 Å². The summed E-state index contributed by atoms with van der Waals surface area (Å²) in [5, 5.41) is 12.3. The predicted octanol–water partition coefficient (Wildman–Crippen LogP) is 5.50. The maximum absolute atomic E-state index is 12.3. The van der Waals surface area contributed by atoms with Gasteiger partial charge in [0, 0.05) is 29.3 Å². The van der Waals surface area contributed by atoms with Crippen LogP contribution in [0.4, 0.5) is 8.78 Å². The fraction of sp³-hybridized carbons (Fsp3) is 0.150. The van der Waals surface area contributed by atoms with Gasteiger partial charge in [-0.05, 0) is 24.3 Å². The highest BCUT2D eigenvalue weighted by Gasteiger charge is 2.13. The topological polar surface area (TPSA) is 52.8 Å². The molecule has 2 aromatic carbocycles. The van der Waals surface area contributed by atoms with E-state index in [1.165, 1.54) is 12.1 Å². The van der Waals surface area contributed by atoms with Crippen molar-refractivity contribution in [2.24, 2.45) is 7.05 Å². The Kier molecular flexibility index (Phi) is 5.86. The number of hydrogen-bond donors (Lipinski definition) is 0. The van der Waals surface area contributed by atoms with Gasteiger partial charge in [-0.1, -0.05) is 42.1 Å². The molecule has 0 bridgehead atoms. The molecule has 0 aliphatic carbocycles. The third-order valence-electron chi connectivity index (χ3n) is 4.09. The first kappa shape index (κ1) is 19.5. The molecule has 0 N–H and O–H groups in total. The Bertz CT molecular complexity index is 1080. The first-order chi connectivity index (χ1) is 14.1. The number of nitrogens with zero attached hydrogens (tertiary/aromatic N) is 4. The van der Waals surface area contributed by atoms with Crippen molar-refractivity contribution >= 4 is 23.1 Å². The van der Waals surface area contributed by atoms with Crippen molar-refractivity contribution in [3.63, 3.8) is 0 Å². The summed E-state index contributed by atoms with van der Waals surface area (Å²) in [6, 6.07) is 16.4. The highest BCUT2D eigenvalue weighted by atomic mass is 32.2. The van der Waals surface area contributed by atoms with Crippen LogP contribution >= 0.6 is 23.1 Å². The van der Waals surface area contributed by atoms with E-state index in [1.54, 1.807) is 35.2 Å². The van der Waals surface area contributed by atoms with E-state index in [9.17, 15) is 8.78 Å². The number of ether oxygens (including phenoxy) is 1. The molecule has 0 spiro atoms. The molecule has 0 radical (unpaired) electrons. The lowest BCUT2D eigenvalue weighted by atomic mass is 10.2. The number of benzene rings is 2. The van der Waals surface area contributed by atoms with Crippen LogP contribution < -0.4 is 4.74 Å². The van der Waals surface area contributed by atoms with E-state index < -0.39 is 6.61 Å². The Morgan fingerprint density at radius 1 is 1.03 bits per heavy atom. The number of halogens is 2. The first-order valence-corrected chi connectivity index (χ1v) is 10.5. The van der Waals surface area contributed by atoms with E-state index in [1.807, 2.05) is 47.3 Å². The molecule has 5 nitrogen and oxygen atoms in total. The maximum Gasteiger partial charge on any atom is 0.387 e. The van der Waals surface area contributed by atoms with Crippen LogP contribution in [0, 0.1) is 0 Å². The molecule has 9 heteroatoms. The molecule has 0 saturated heterocycles. The van der Waals surface area contributed by atoms with E-state index in [4.69, 9.17) is 0 Å². The SMILES string of the molecule is Cn1c(SCc2csc(-c3ccccc3)n2)nnc1-c1ccc(OC(F)F)cc1. The minimum absolute atomic E-state index is 0.110. The standard InChI is InChI=1S/C20H16F2N4OS2/c1-26-17(13-7-9-16(10-8-13)27-19(21)22)24-25-20(26)29-12-15-11-28-18(23-15)14-5-3-2-4-6-14/h2-11,19H,12H2,1H3. The molecule has 0 aliphatic heterocycles. The second kappa shape index (κ2) is 8.71. The summed E-state index contributed by atoms with van der Waals surface area (Å²) in [5.74, 6) is 1.44. The van der Waals surface area contributed by atoms with Crippen LogP contribution in [0.15, 0.2) is 65.1 Å². The smallest absolute Gasteiger partial charge is 0.387 e. The second-order valence-corrected chi connectivity index (χ2v) is 7.87. The second-order valence-electron chi connectivity index (χ2n) is 6.07. The van der Waals surface area contributed by atoms with Crippen molar-refractivity contribution in [3.8, 4) is 27.7 Å². The maximum atomic E-state index is 12.3. The highest BCUT2D eigenvalue weighted by molar-refractivity contribution is 7.98. The van der Waals surface area contributed by atoms with E-state index in [0.717, 1.165) is 27.0 Å². The molecular formula is C20H16F2N4OS2. The monoisotopic (exact) mass is 430 g/mol. The lowest BCUT2D eigenvalue weighted by molar-refractivity contribution is -0.0498. The summed E-state index contributed by atoms with van der Waals surface area (Å²) < 4.78 is 30.8. The minimum Gasteiger partial charge on any atom is -0.435 e. The van der Waals surface area contributed by atoms with E-state index in [0.29, 0.717) is 11.6 Å². The minimum atomic E-state index is -2.84. The third kappa shape index (κ3) is 4.63. The molecule has 2 aromatic heterocycles. The number of thioether (sulfide) groups is 1. The number of alkyl halides is 2. The van der Waals surface area contributed by atoms with Crippen LogP contribution in [0.2, 0.25) is 0 Å². The van der Waals surface area contributed by atoms with Crippen LogP contribution in [0.5, 0.6) is 5.75 Å². The summed E-state index contributed by atoms with van der Waals surface area (Å²) in [5.41, 5.74) is 2.86. The molecule has 4 rings (SSSR count). The molecule has 0 saturated carbocycles. The molecule has 0 fully saturated rings. The first-order valence-electron chi connectivity index (χ1n) is 8.67. The zero-order valence-corrected chi connectivity index (χ0v) is 17.0. The van der Waals surface area contributed by atoms with Gasteiger partial charge >= 0.3 is 6.61 Å². The van der Waals surface area contributed by atoms with Gasteiger partial charge in [-0.15, -0.1) is 21.5 Å². The van der Waals surface area contributed by atoms with Crippen molar-refractivity contribution in [3.05, 3.63) is 65.7 Å². The normalized spacial score (nSPS) is 11.2. The molecule has 148 valence electrons. The van der Waals surface area contributed by atoms with Gasteiger partial charge < -0.3 is 9.30 Å². The molecule has 29 heavy (non-hydrogen) atoms. The molecule has 0 aliphatic rings. The van der Waals surface area contributed by atoms with Gasteiger partial charge in [0.2, 0.25) is 0 Å². The fourth-order valence-corrected chi connectivity index (χ4v) is 4.44. The summed E-state index contributed by atoms with van der Waals surface area (Å²) in [6.07, 6.45) is 0. The summed E-state index contributed by atoms with van der Waals surface area (Å²) in [7, 11) is 1.87.